The lowest BCUT2D eigenvalue weighted by Crippen LogP contribution is -2.13. The van der Waals surface area contributed by atoms with E-state index in [9.17, 15) is 0 Å². The van der Waals surface area contributed by atoms with Gasteiger partial charge in [0.05, 0.1) is 5.75 Å². The van der Waals surface area contributed by atoms with Crippen LogP contribution in [-0.2, 0) is 18.6 Å². The summed E-state index contributed by atoms with van der Waals surface area (Å²) in [5.74, 6) is 4.08. The van der Waals surface area contributed by atoms with Crippen molar-refractivity contribution in [1.82, 2.24) is 9.97 Å². The fourth-order valence-corrected chi connectivity index (χ4v) is 2.63. The van der Waals surface area contributed by atoms with Crippen LogP contribution in [-0.4, -0.2) is 22.8 Å². The van der Waals surface area contributed by atoms with Crippen LogP contribution in [0.25, 0.3) is 0 Å². The molecule has 2 rings (SSSR count). The summed E-state index contributed by atoms with van der Waals surface area (Å²) in [4.78, 5) is 9.29. The monoisotopic (exact) mass is 237 g/mol. The molecular weight excluding hydrogens is 218 g/mol. The van der Waals surface area contributed by atoms with Gasteiger partial charge in [-0.15, -0.1) is 0 Å². The van der Waals surface area contributed by atoms with E-state index in [1.54, 1.807) is 0 Å². The van der Waals surface area contributed by atoms with Crippen molar-refractivity contribution in [3.05, 3.63) is 17.1 Å². The third kappa shape index (κ3) is 2.48. The van der Waals surface area contributed by atoms with Gasteiger partial charge in [-0.1, -0.05) is 6.92 Å². The summed E-state index contributed by atoms with van der Waals surface area (Å²) in [6.45, 7) is 2.17. The summed E-state index contributed by atoms with van der Waals surface area (Å²) in [6.07, 6.45) is 4.80. The Hall–Kier alpha value is -0.770. The summed E-state index contributed by atoms with van der Waals surface area (Å²) in [5.41, 5.74) is 2.62. The topological polar surface area (TPSA) is 37.8 Å². The predicted molar refractivity (Wildman–Crippen MR) is 70.1 cm³/mol. The van der Waals surface area contributed by atoms with Gasteiger partial charge < -0.3 is 5.32 Å². The molecule has 0 aliphatic heterocycles. The molecule has 0 atom stereocenters. The lowest BCUT2D eigenvalue weighted by atomic mass is 9.96. The third-order valence-corrected chi connectivity index (χ3v) is 3.77. The van der Waals surface area contributed by atoms with E-state index in [1.807, 2.05) is 18.8 Å². The first-order valence-corrected chi connectivity index (χ1v) is 7.14. The van der Waals surface area contributed by atoms with Crippen molar-refractivity contribution in [2.45, 2.75) is 38.4 Å². The smallest absolute Gasteiger partial charge is 0.140 e. The van der Waals surface area contributed by atoms with Crippen LogP contribution in [0, 0.1) is 0 Å². The Morgan fingerprint density at radius 2 is 2.06 bits per heavy atom. The van der Waals surface area contributed by atoms with E-state index >= 15 is 0 Å². The second-order valence-corrected chi connectivity index (χ2v) is 5.28. The van der Waals surface area contributed by atoms with Gasteiger partial charge in [0.15, 0.2) is 0 Å². The van der Waals surface area contributed by atoms with E-state index in [1.165, 1.54) is 24.1 Å². The quantitative estimate of drug-likeness (QED) is 0.873. The highest BCUT2D eigenvalue weighted by Gasteiger charge is 2.16. The number of aromatic nitrogens is 2. The predicted octanol–water partition coefficient (Wildman–Crippen LogP) is 2.65. The molecule has 1 aliphatic carbocycles. The number of aryl methyl sites for hydroxylation is 1. The fraction of sp³-hybridized carbons (Fsp3) is 0.667. The highest BCUT2D eigenvalue weighted by molar-refractivity contribution is 7.98. The lowest BCUT2D eigenvalue weighted by Gasteiger charge is -2.18. The van der Waals surface area contributed by atoms with E-state index in [-0.39, 0.29) is 0 Å². The molecule has 0 bridgehead atoms. The molecule has 1 heterocycles. The van der Waals surface area contributed by atoms with Gasteiger partial charge in [0.25, 0.3) is 0 Å². The molecule has 1 aliphatic rings. The molecule has 0 saturated heterocycles. The Kier molecular flexibility index (Phi) is 4.04. The number of nitrogens with zero attached hydrogens (tertiary/aromatic N) is 2. The normalized spacial score (nSPS) is 14.6. The number of nitrogens with one attached hydrogen (secondary N) is 1. The van der Waals surface area contributed by atoms with Gasteiger partial charge in [-0.05, 0) is 31.4 Å². The summed E-state index contributed by atoms with van der Waals surface area (Å²) >= 11 is 1.88. The Balaban J connectivity index is 2.28. The van der Waals surface area contributed by atoms with Gasteiger partial charge >= 0.3 is 0 Å². The van der Waals surface area contributed by atoms with Crippen LogP contribution < -0.4 is 5.32 Å². The first kappa shape index (κ1) is 11.7. The minimum Gasteiger partial charge on any atom is -0.373 e. The first-order valence-electron chi connectivity index (χ1n) is 5.99. The first-order chi connectivity index (χ1) is 7.85. The molecule has 0 radical (unpaired) electrons. The van der Waals surface area contributed by atoms with Crippen molar-refractivity contribution >= 4 is 17.6 Å². The zero-order valence-electron chi connectivity index (χ0n) is 10.0. The minimum atomic E-state index is 0.929. The zero-order chi connectivity index (χ0) is 11.4. The molecule has 0 amide bonds. The van der Waals surface area contributed by atoms with Crippen LogP contribution >= 0.6 is 11.8 Å². The van der Waals surface area contributed by atoms with Crippen molar-refractivity contribution in [1.29, 1.82) is 0 Å². The molecule has 1 N–H and O–H groups in total. The Morgan fingerprint density at radius 3 is 2.81 bits per heavy atom. The lowest BCUT2D eigenvalue weighted by molar-refractivity contribution is 0.659. The van der Waals surface area contributed by atoms with E-state index in [4.69, 9.17) is 0 Å². The number of anilines is 1. The Labute approximate surface area is 101 Å². The number of hydrogen-bond acceptors (Lipinski definition) is 4. The van der Waals surface area contributed by atoms with Gasteiger partial charge in [0.1, 0.15) is 11.6 Å². The number of rotatable bonds is 4. The fourth-order valence-electron chi connectivity index (χ4n) is 2.11. The highest BCUT2D eigenvalue weighted by Crippen LogP contribution is 2.25. The summed E-state index contributed by atoms with van der Waals surface area (Å²) in [5, 5.41) is 3.21. The Bertz CT molecular complexity index is 348. The SMILES string of the molecule is CCSCc1nc2c(c(NC)n1)CCCC2. The van der Waals surface area contributed by atoms with Crippen LogP contribution in [0.1, 0.15) is 36.8 Å². The van der Waals surface area contributed by atoms with Gasteiger partial charge in [-0.25, -0.2) is 9.97 Å². The molecule has 3 nitrogen and oxygen atoms in total. The van der Waals surface area contributed by atoms with Gasteiger partial charge in [-0.2, -0.15) is 11.8 Å². The van der Waals surface area contributed by atoms with Crippen LogP contribution in [0.5, 0.6) is 0 Å². The van der Waals surface area contributed by atoms with Crippen molar-refractivity contribution in [3.8, 4) is 0 Å². The average Bonchev–Trinajstić information content (AvgIpc) is 2.35. The number of hydrogen-bond donors (Lipinski definition) is 1. The summed E-state index contributed by atoms with van der Waals surface area (Å²) in [7, 11) is 1.95. The summed E-state index contributed by atoms with van der Waals surface area (Å²) in [6, 6.07) is 0. The van der Waals surface area contributed by atoms with Crippen molar-refractivity contribution < 1.29 is 0 Å². The maximum atomic E-state index is 4.69. The molecule has 88 valence electrons. The average molecular weight is 237 g/mol. The van der Waals surface area contributed by atoms with Crippen LogP contribution in [0.2, 0.25) is 0 Å². The van der Waals surface area contributed by atoms with E-state index in [2.05, 4.69) is 22.2 Å². The standard InChI is InChI=1S/C12H19N3S/c1-3-16-8-11-14-10-7-5-4-6-9(10)12(13-2)15-11/h3-8H2,1-2H3,(H,13,14,15). The number of thioether (sulfide) groups is 1. The van der Waals surface area contributed by atoms with Crippen LogP contribution in [0.4, 0.5) is 5.82 Å². The van der Waals surface area contributed by atoms with Crippen LogP contribution in [0.15, 0.2) is 0 Å². The van der Waals surface area contributed by atoms with Crippen LogP contribution in [0.3, 0.4) is 0 Å². The maximum absolute atomic E-state index is 4.69. The molecule has 0 aromatic carbocycles. The van der Waals surface area contributed by atoms with Gasteiger partial charge in [-0.3, -0.25) is 0 Å². The molecule has 4 heteroatoms. The minimum absolute atomic E-state index is 0.929. The molecule has 0 saturated carbocycles. The number of fused-ring (bicyclic) bond motifs is 1. The highest BCUT2D eigenvalue weighted by atomic mass is 32.2. The molecule has 0 unspecified atom stereocenters. The zero-order valence-corrected chi connectivity index (χ0v) is 10.9. The van der Waals surface area contributed by atoms with Crippen molar-refractivity contribution in [2.24, 2.45) is 0 Å². The van der Waals surface area contributed by atoms with Crippen molar-refractivity contribution in [3.63, 3.8) is 0 Å². The second kappa shape index (κ2) is 5.53. The maximum Gasteiger partial charge on any atom is 0.140 e. The molecular formula is C12H19N3S. The Morgan fingerprint density at radius 1 is 1.25 bits per heavy atom. The largest absolute Gasteiger partial charge is 0.373 e. The molecule has 0 spiro atoms. The third-order valence-electron chi connectivity index (χ3n) is 2.90. The molecule has 1 aromatic heterocycles. The summed E-state index contributed by atoms with van der Waals surface area (Å²) < 4.78 is 0. The van der Waals surface area contributed by atoms with Gasteiger partial charge in [0, 0.05) is 18.3 Å². The van der Waals surface area contributed by atoms with E-state index < -0.39 is 0 Å². The van der Waals surface area contributed by atoms with Gasteiger partial charge in [0.2, 0.25) is 0 Å². The molecule has 0 fully saturated rings. The molecule has 16 heavy (non-hydrogen) atoms. The van der Waals surface area contributed by atoms with Crippen molar-refractivity contribution in [2.75, 3.05) is 18.1 Å². The van der Waals surface area contributed by atoms with E-state index in [0.29, 0.717) is 0 Å². The second-order valence-electron chi connectivity index (χ2n) is 4.01. The van der Waals surface area contributed by atoms with E-state index in [0.717, 1.165) is 36.0 Å². The molecule has 1 aromatic rings.